The Bertz CT molecular complexity index is 772. The normalized spacial score (nSPS) is 18.5. The summed E-state index contributed by atoms with van der Waals surface area (Å²) < 4.78 is 0. The molecule has 0 atom stereocenters. The molecule has 1 fully saturated rings. The molecule has 6 nitrogen and oxygen atoms in total. The largest absolute Gasteiger partial charge is 0.349 e. The Kier molecular flexibility index (Phi) is 3.11. The van der Waals surface area contributed by atoms with Crippen molar-refractivity contribution >= 4 is 28.5 Å². The maximum Gasteiger partial charge on any atom is 0.253 e. The van der Waals surface area contributed by atoms with Crippen molar-refractivity contribution in [2.45, 2.75) is 18.9 Å². The highest BCUT2D eigenvalue weighted by Crippen LogP contribution is 2.32. The van der Waals surface area contributed by atoms with Gasteiger partial charge in [0.1, 0.15) is 6.33 Å². The molecule has 1 N–H and O–H groups in total. The highest BCUT2D eigenvalue weighted by molar-refractivity contribution is 6.30. The summed E-state index contributed by atoms with van der Waals surface area (Å²) in [5.41, 5.74) is 2.90. The van der Waals surface area contributed by atoms with E-state index in [9.17, 15) is 4.79 Å². The van der Waals surface area contributed by atoms with Gasteiger partial charge in [-0.25, -0.2) is 9.97 Å². The van der Waals surface area contributed by atoms with Crippen LogP contribution in [0, 0.1) is 0 Å². The summed E-state index contributed by atoms with van der Waals surface area (Å²) in [7, 11) is 2.11. The number of hydrogen-bond donors (Lipinski definition) is 1. The van der Waals surface area contributed by atoms with Crippen molar-refractivity contribution in [2.24, 2.45) is 0 Å². The molecule has 2 aromatic heterocycles. The molecule has 2 aliphatic rings. The summed E-state index contributed by atoms with van der Waals surface area (Å²) in [4.78, 5) is 27.8. The zero-order valence-corrected chi connectivity index (χ0v) is 12.4. The molecule has 2 aromatic rings. The van der Waals surface area contributed by atoms with Crippen LogP contribution in [0.15, 0.2) is 18.6 Å². The third-order valence-electron chi connectivity index (χ3n) is 4.41. The number of hydrogen-bond acceptors (Lipinski definition) is 5. The fourth-order valence-electron chi connectivity index (χ4n) is 3.14. The van der Waals surface area contributed by atoms with Crippen molar-refractivity contribution in [3.63, 3.8) is 0 Å². The van der Waals surface area contributed by atoms with Gasteiger partial charge in [0, 0.05) is 12.2 Å². The van der Waals surface area contributed by atoms with E-state index >= 15 is 0 Å². The fourth-order valence-corrected chi connectivity index (χ4v) is 3.14. The highest BCUT2D eigenvalue weighted by Gasteiger charge is 2.27. The third-order valence-corrected chi connectivity index (χ3v) is 4.41. The van der Waals surface area contributed by atoms with Crippen molar-refractivity contribution < 1.29 is 4.79 Å². The molecule has 0 saturated carbocycles. The summed E-state index contributed by atoms with van der Waals surface area (Å²) >= 11 is 0. The van der Waals surface area contributed by atoms with Crippen LogP contribution >= 0.6 is 0 Å². The molecule has 4 rings (SSSR count). The SMILES string of the molecule is CN1CCC(NC(=O)C2=Cc3nccc4ncnc2c34)CC1. The molecule has 0 spiro atoms. The lowest BCUT2D eigenvalue weighted by Gasteiger charge is -2.29. The molecule has 1 aliphatic heterocycles. The Hall–Kier alpha value is -2.34. The number of pyridine rings is 1. The van der Waals surface area contributed by atoms with Crippen LogP contribution in [0.4, 0.5) is 0 Å². The second kappa shape index (κ2) is 5.14. The van der Waals surface area contributed by atoms with E-state index in [2.05, 4.69) is 32.2 Å². The number of piperidine rings is 1. The van der Waals surface area contributed by atoms with Gasteiger partial charge < -0.3 is 10.2 Å². The van der Waals surface area contributed by atoms with Crippen molar-refractivity contribution in [3.05, 3.63) is 30.0 Å². The average Bonchev–Trinajstić information content (AvgIpc) is 2.91. The maximum atomic E-state index is 12.6. The zero-order valence-electron chi connectivity index (χ0n) is 12.4. The summed E-state index contributed by atoms with van der Waals surface area (Å²) in [6.07, 6.45) is 7.00. The molecule has 1 aliphatic carbocycles. The first-order valence-corrected chi connectivity index (χ1v) is 7.53. The Labute approximate surface area is 128 Å². The highest BCUT2D eigenvalue weighted by atomic mass is 16.1. The molecular formula is C16H17N5O. The van der Waals surface area contributed by atoms with Crippen LogP contribution in [0.1, 0.15) is 24.2 Å². The molecule has 6 heteroatoms. The van der Waals surface area contributed by atoms with Gasteiger partial charge in [0.15, 0.2) is 0 Å². The van der Waals surface area contributed by atoms with Crippen molar-refractivity contribution in [2.75, 3.05) is 20.1 Å². The van der Waals surface area contributed by atoms with Crippen molar-refractivity contribution in [1.29, 1.82) is 0 Å². The minimum atomic E-state index is -0.0625. The lowest BCUT2D eigenvalue weighted by atomic mass is 10.0. The maximum absolute atomic E-state index is 12.6. The van der Waals surface area contributed by atoms with Crippen LogP contribution < -0.4 is 5.32 Å². The summed E-state index contributed by atoms with van der Waals surface area (Å²) in [6, 6.07) is 2.08. The number of rotatable bonds is 2. The van der Waals surface area contributed by atoms with E-state index in [0.717, 1.165) is 42.5 Å². The molecule has 3 heterocycles. The van der Waals surface area contributed by atoms with Gasteiger partial charge in [-0.3, -0.25) is 9.78 Å². The smallest absolute Gasteiger partial charge is 0.253 e. The third kappa shape index (κ3) is 2.16. The zero-order chi connectivity index (χ0) is 15.1. The van der Waals surface area contributed by atoms with Gasteiger partial charge in [0.2, 0.25) is 0 Å². The van der Waals surface area contributed by atoms with Gasteiger partial charge in [0.05, 0.1) is 27.9 Å². The Balaban J connectivity index is 1.59. The van der Waals surface area contributed by atoms with Gasteiger partial charge in [-0.15, -0.1) is 0 Å². The van der Waals surface area contributed by atoms with Gasteiger partial charge in [-0.05, 0) is 45.1 Å². The second-order valence-corrected chi connectivity index (χ2v) is 5.92. The number of nitrogens with zero attached hydrogens (tertiary/aromatic N) is 4. The van der Waals surface area contributed by atoms with Crippen molar-refractivity contribution in [3.8, 4) is 0 Å². The average molecular weight is 295 g/mol. The first kappa shape index (κ1) is 13.3. The van der Waals surface area contributed by atoms with E-state index in [-0.39, 0.29) is 11.9 Å². The first-order valence-electron chi connectivity index (χ1n) is 7.53. The Morgan fingerprint density at radius 3 is 2.91 bits per heavy atom. The van der Waals surface area contributed by atoms with Gasteiger partial charge in [-0.2, -0.15) is 0 Å². The summed E-state index contributed by atoms with van der Waals surface area (Å²) in [6.45, 7) is 2.03. The minimum Gasteiger partial charge on any atom is -0.349 e. The van der Waals surface area contributed by atoms with Crippen LogP contribution in [0.5, 0.6) is 0 Å². The Morgan fingerprint density at radius 2 is 2.09 bits per heavy atom. The molecule has 0 aromatic carbocycles. The number of carbonyl (C=O) groups is 1. The van der Waals surface area contributed by atoms with Gasteiger partial charge in [0.25, 0.3) is 5.91 Å². The van der Waals surface area contributed by atoms with Crippen LogP contribution in [0.3, 0.4) is 0 Å². The standard InChI is InChI=1S/C16H17N5O/c1-21-6-3-10(4-7-21)20-16(22)11-8-13-14-12(2-5-17-13)18-9-19-15(11)14/h2,5,8-10H,3-4,6-7H2,1H3,(H,20,22). The van der Waals surface area contributed by atoms with E-state index in [0.29, 0.717) is 11.3 Å². The van der Waals surface area contributed by atoms with Gasteiger partial charge in [-0.1, -0.05) is 0 Å². The number of carbonyl (C=O) groups excluding carboxylic acids is 1. The number of amides is 1. The van der Waals surface area contributed by atoms with E-state index < -0.39 is 0 Å². The molecule has 112 valence electrons. The number of nitrogens with one attached hydrogen (secondary N) is 1. The quantitative estimate of drug-likeness (QED) is 0.898. The molecule has 0 unspecified atom stereocenters. The molecular weight excluding hydrogens is 278 g/mol. The van der Waals surface area contributed by atoms with E-state index in [1.165, 1.54) is 6.33 Å². The van der Waals surface area contributed by atoms with Crippen LogP contribution in [0.2, 0.25) is 0 Å². The lowest BCUT2D eigenvalue weighted by Crippen LogP contribution is -2.43. The molecule has 1 amide bonds. The number of aromatic nitrogens is 3. The molecule has 0 radical (unpaired) electrons. The molecule has 0 bridgehead atoms. The number of likely N-dealkylation sites (tertiary alicyclic amines) is 1. The van der Waals surface area contributed by atoms with Crippen molar-refractivity contribution in [1.82, 2.24) is 25.2 Å². The van der Waals surface area contributed by atoms with E-state index in [4.69, 9.17) is 0 Å². The lowest BCUT2D eigenvalue weighted by molar-refractivity contribution is -0.116. The van der Waals surface area contributed by atoms with Gasteiger partial charge >= 0.3 is 0 Å². The first-order chi connectivity index (χ1) is 10.7. The predicted molar refractivity (Wildman–Crippen MR) is 83.9 cm³/mol. The Morgan fingerprint density at radius 1 is 1.27 bits per heavy atom. The predicted octanol–water partition coefficient (Wildman–Crippen LogP) is 1.09. The second-order valence-electron chi connectivity index (χ2n) is 5.92. The van der Waals surface area contributed by atoms with Crippen LogP contribution in [0.25, 0.3) is 22.6 Å². The minimum absolute atomic E-state index is 0.0625. The fraction of sp³-hybridized carbons (Fsp3) is 0.375. The summed E-state index contributed by atoms with van der Waals surface area (Å²) in [5.74, 6) is -0.0625. The molecule has 22 heavy (non-hydrogen) atoms. The van der Waals surface area contributed by atoms with E-state index in [1.54, 1.807) is 6.20 Å². The van der Waals surface area contributed by atoms with Crippen LogP contribution in [-0.2, 0) is 4.79 Å². The molecule has 1 saturated heterocycles. The topological polar surface area (TPSA) is 71.0 Å². The van der Waals surface area contributed by atoms with Crippen LogP contribution in [-0.4, -0.2) is 51.9 Å². The summed E-state index contributed by atoms with van der Waals surface area (Å²) in [5, 5.41) is 4.01. The van der Waals surface area contributed by atoms with E-state index in [1.807, 2.05) is 12.1 Å². The monoisotopic (exact) mass is 295 g/mol.